The number of hydrogen-bond donors (Lipinski definition) is 1. The number of fused-ring (bicyclic) bond motifs is 1. The Hall–Kier alpha value is -4.17. The molecule has 0 spiro atoms. The Labute approximate surface area is 218 Å². The molecular weight excluding hydrogens is 488 g/mol. The van der Waals surface area contributed by atoms with Crippen LogP contribution in [0.1, 0.15) is 35.2 Å². The molecule has 3 aromatic carbocycles. The monoisotopic (exact) mass is 514 g/mol. The van der Waals surface area contributed by atoms with Crippen molar-refractivity contribution in [3.8, 4) is 11.5 Å². The smallest absolute Gasteiger partial charge is 0.301 e. The number of para-hydroxylation sites is 1. The third kappa shape index (κ3) is 4.23. The zero-order valence-corrected chi connectivity index (χ0v) is 21.8. The van der Waals surface area contributed by atoms with Crippen LogP contribution in [0.3, 0.4) is 0 Å². The summed E-state index contributed by atoms with van der Waals surface area (Å²) in [6.07, 6.45) is 0. The Morgan fingerprint density at radius 1 is 1.08 bits per heavy atom. The standard InChI is InChI=1S/C29H26N2O5S/c1-5-36-19-12-10-18(11-13-19)26(32)23-25(20-8-6-7-9-21(20)35-4)31(28(34)27(23)33)29-30-24-17(3)14-16(2)15-22(24)37-29/h6-15,25,32H,5H2,1-4H3/b26-23+/t25-/m0/s1. The van der Waals surface area contributed by atoms with Gasteiger partial charge in [-0.1, -0.05) is 35.6 Å². The van der Waals surface area contributed by atoms with Crippen LogP contribution in [0.4, 0.5) is 5.13 Å². The maximum absolute atomic E-state index is 13.5. The van der Waals surface area contributed by atoms with Crippen molar-refractivity contribution in [2.45, 2.75) is 26.8 Å². The van der Waals surface area contributed by atoms with Gasteiger partial charge in [-0.2, -0.15) is 0 Å². The number of aromatic nitrogens is 1. The van der Waals surface area contributed by atoms with Crippen LogP contribution in [0.5, 0.6) is 11.5 Å². The van der Waals surface area contributed by atoms with E-state index in [1.165, 1.54) is 23.3 Å². The molecule has 0 bridgehead atoms. The first-order valence-electron chi connectivity index (χ1n) is 11.9. The molecule has 0 radical (unpaired) electrons. The summed E-state index contributed by atoms with van der Waals surface area (Å²) in [4.78, 5) is 33.2. The summed E-state index contributed by atoms with van der Waals surface area (Å²) in [5, 5.41) is 11.8. The second-order valence-electron chi connectivity index (χ2n) is 8.79. The van der Waals surface area contributed by atoms with Crippen molar-refractivity contribution in [3.05, 3.63) is 88.5 Å². The van der Waals surface area contributed by atoms with Gasteiger partial charge in [0.1, 0.15) is 23.3 Å². The quantitative estimate of drug-likeness (QED) is 0.194. The van der Waals surface area contributed by atoms with Gasteiger partial charge in [-0.15, -0.1) is 0 Å². The normalized spacial score (nSPS) is 17.0. The molecule has 1 N–H and O–H groups in total. The number of thiazole rings is 1. The summed E-state index contributed by atoms with van der Waals surface area (Å²) in [6.45, 7) is 6.36. The first kappa shape index (κ1) is 24.5. The SMILES string of the molecule is CCOc1ccc(/C(O)=C2\C(=O)C(=O)N(c3nc4c(C)cc(C)cc4s3)[C@H]2c2ccccc2OC)cc1. The molecule has 37 heavy (non-hydrogen) atoms. The average molecular weight is 515 g/mol. The maximum atomic E-state index is 13.5. The second kappa shape index (κ2) is 9.71. The number of Topliss-reactive ketones (excluding diaryl/α,β-unsaturated/α-hetero) is 1. The van der Waals surface area contributed by atoms with Gasteiger partial charge >= 0.3 is 5.91 Å². The lowest BCUT2D eigenvalue weighted by Crippen LogP contribution is -2.29. The van der Waals surface area contributed by atoms with Crippen LogP contribution < -0.4 is 14.4 Å². The molecule has 1 atom stereocenters. The van der Waals surface area contributed by atoms with Gasteiger partial charge in [0.25, 0.3) is 5.78 Å². The van der Waals surface area contributed by atoms with E-state index in [-0.39, 0.29) is 11.3 Å². The molecule has 1 amide bonds. The lowest BCUT2D eigenvalue weighted by molar-refractivity contribution is -0.132. The van der Waals surface area contributed by atoms with Gasteiger partial charge in [-0.25, -0.2) is 4.98 Å². The summed E-state index contributed by atoms with van der Waals surface area (Å²) in [7, 11) is 1.53. The Morgan fingerprint density at radius 3 is 2.51 bits per heavy atom. The molecule has 0 unspecified atom stereocenters. The predicted octanol–water partition coefficient (Wildman–Crippen LogP) is 5.95. The number of benzene rings is 3. The van der Waals surface area contributed by atoms with Crippen LogP contribution in [0.2, 0.25) is 0 Å². The van der Waals surface area contributed by atoms with E-state index in [1.54, 1.807) is 42.5 Å². The summed E-state index contributed by atoms with van der Waals surface area (Å²) >= 11 is 1.34. The van der Waals surface area contributed by atoms with Gasteiger partial charge in [0.05, 0.1) is 29.5 Å². The van der Waals surface area contributed by atoms with Crippen molar-refractivity contribution < 1.29 is 24.2 Å². The zero-order chi connectivity index (χ0) is 26.3. The molecule has 2 heterocycles. The van der Waals surface area contributed by atoms with Gasteiger partial charge in [-0.3, -0.25) is 14.5 Å². The molecule has 1 aliphatic rings. The van der Waals surface area contributed by atoms with Crippen LogP contribution in [-0.2, 0) is 9.59 Å². The van der Waals surface area contributed by atoms with Gasteiger partial charge in [-0.05, 0) is 68.3 Å². The predicted molar refractivity (Wildman–Crippen MR) is 144 cm³/mol. The minimum absolute atomic E-state index is 0.0224. The van der Waals surface area contributed by atoms with Crippen molar-refractivity contribution in [3.63, 3.8) is 0 Å². The number of carbonyl (C=O) groups excluding carboxylic acids is 2. The van der Waals surface area contributed by atoms with Crippen molar-refractivity contribution in [2.75, 3.05) is 18.6 Å². The number of aliphatic hydroxyl groups excluding tert-OH is 1. The number of rotatable bonds is 6. The largest absolute Gasteiger partial charge is 0.507 e. The number of carbonyl (C=O) groups is 2. The summed E-state index contributed by atoms with van der Waals surface area (Å²) in [6, 6.07) is 17.0. The Balaban J connectivity index is 1.73. The number of aryl methyl sites for hydroxylation is 2. The minimum atomic E-state index is -0.926. The molecule has 188 valence electrons. The van der Waals surface area contributed by atoms with Crippen molar-refractivity contribution in [1.29, 1.82) is 0 Å². The molecule has 0 saturated carbocycles. The minimum Gasteiger partial charge on any atom is -0.507 e. The van der Waals surface area contributed by atoms with Crippen molar-refractivity contribution in [1.82, 2.24) is 4.98 Å². The van der Waals surface area contributed by atoms with Gasteiger partial charge in [0, 0.05) is 11.1 Å². The van der Waals surface area contributed by atoms with Crippen LogP contribution in [0.15, 0.2) is 66.2 Å². The van der Waals surface area contributed by atoms with E-state index in [0.717, 1.165) is 21.3 Å². The van der Waals surface area contributed by atoms with Crippen LogP contribution in [0.25, 0.3) is 16.0 Å². The lowest BCUT2D eigenvalue weighted by Gasteiger charge is -2.24. The summed E-state index contributed by atoms with van der Waals surface area (Å²) < 4.78 is 12.0. The lowest BCUT2D eigenvalue weighted by atomic mass is 9.94. The Morgan fingerprint density at radius 2 is 1.81 bits per heavy atom. The van der Waals surface area contributed by atoms with E-state index in [1.807, 2.05) is 39.0 Å². The Kier molecular flexibility index (Phi) is 6.43. The third-order valence-electron chi connectivity index (χ3n) is 6.34. The number of aliphatic hydroxyl groups is 1. The van der Waals surface area contributed by atoms with Crippen LogP contribution in [0, 0.1) is 13.8 Å². The topological polar surface area (TPSA) is 89.0 Å². The molecule has 1 aromatic heterocycles. The highest BCUT2D eigenvalue weighted by Crippen LogP contribution is 2.46. The number of amides is 1. The van der Waals surface area contributed by atoms with Crippen LogP contribution in [-0.4, -0.2) is 35.5 Å². The number of nitrogens with zero attached hydrogens (tertiary/aromatic N) is 2. The van der Waals surface area contributed by atoms with Gasteiger partial charge in [0.2, 0.25) is 0 Å². The van der Waals surface area contributed by atoms with E-state index < -0.39 is 17.7 Å². The third-order valence-corrected chi connectivity index (χ3v) is 7.34. The number of ether oxygens (including phenoxy) is 2. The average Bonchev–Trinajstić information content (AvgIpc) is 3.42. The fraction of sp³-hybridized carbons (Fsp3) is 0.207. The molecule has 1 saturated heterocycles. The Bertz CT molecular complexity index is 1550. The van der Waals surface area contributed by atoms with Gasteiger partial charge in [0.15, 0.2) is 5.13 Å². The zero-order valence-electron chi connectivity index (χ0n) is 20.9. The first-order valence-corrected chi connectivity index (χ1v) is 12.7. The number of methoxy groups -OCH3 is 1. The van der Waals surface area contributed by atoms with E-state index in [2.05, 4.69) is 0 Å². The number of anilines is 1. The molecule has 1 fully saturated rings. The maximum Gasteiger partial charge on any atom is 0.301 e. The van der Waals surface area contributed by atoms with E-state index >= 15 is 0 Å². The van der Waals surface area contributed by atoms with E-state index in [4.69, 9.17) is 14.5 Å². The van der Waals surface area contributed by atoms with E-state index in [9.17, 15) is 14.7 Å². The molecule has 8 heteroatoms. The van der Waals surface area contributed by atoms with Crippen LogP contribution >= 0.6 is 11.3 Å². The van der Waals surface area contributed by atoms with Crippen molar-refractivity contribution >= 4 is 44.1 Å². The molecule has 7 nitrogen and oxygen atoms in total. The highest BCUT2D eigenvalue weighted by Gasteiger charge is 2.49. The first-order chi connectivity index (χ1) is 17.8. The molecule has 5 rings (SSSR count). The highest BCUT2D eigenvalue weighted by molar-refractivity contribution is 7.22. The molecule has 0 aliphatic carbocycles. The molecular formula is C29H26N2O5S. The van der Waals surface area contributed by atoms with E-state index in [0.29, 0.717) is 34.4 Å². The fourth-order valence-corrected chi connectivity index (χ4v) is 5.88. The molecule has 4 aromatic rings. The summed E-state index contributed by atoms with van der Waals surface area (Å²) in [5.74, 6) is -0.676. The molecule has 1 aliphatic heterocycles. The van der Waals surface area contributed by atoms with Crippen molar-refractivity contribution in [2.24, 2.45) is 0 Å². The fourth-order valence-electron chi connectivity index (χ4n) is 4.71. The highest BCUT2D eigenvalue weighted by atomic mass is 32.1. The van der Waals surface area contributed by atoms with Gasteiger partial charge < -0.3 is 14.6 Å². The number of ketones is 1. The number of hydrogen-bond acceptors (Lipinski definition) is 7. The second-order valence-corrected chi connectivity index (χ2v) is 9.80. The summed E-state index contributed by atoms with van der Waals surface area (Å²) in [5.41, 5.74) is 3.79.